The molecule has 1 aliphatic carbocycles. The van der Waals surface area contributed by atoms with Crippen LogP contribution in [0.5, 0.6) is 0 Å². The van der Waals surface area contributed by atoms with Crippen molar-refractivity contribution in [2.75, 3.05) is 26.2 Å². The summed E-state index contributed by atoms with van der Waals surface area (Å²) in [6.45, 7) is 9.91. The Morgan fingerprint density at radius 2 is 1.88 bits per heavy atom. The second-order valence-corrected chi connectivity index (χ2v) is 6.41. The summed E-state index contributed by atoms with van der Waals surface area (Å²) in [6, 6.07) is 0.740. The van der Waals surface area contributed by atoms with Gasteiger partial charge in [0.2, 0.25) is 0 Å². The highest BCUT2D eigenvalue weighted by atomic mass is 15.1. The van der Waals surface area contributed by atoms with Gasteiger partial charge in [0, 0.05) is 6.04 Å². The number of piperidine rings is 1. The Kier molecular flexibility index (Phi) is 5.30. The maximum atomic E-state index is 3.68. The van der Waals surface area contributed by atoms with E-state index in [1.165, 1.54) is 64.7 Å². The zero-order valence-corrected chi connectivity index (χ0v) is 11.8. The standard InChI is InChI=1S/C15H30N2/c1-13-6-10-17(11-7-13)9-3-8-16-14(2)12-15-4-5-15/h13-16H,3-12H2,1-2H3. The van der Waals surface area contributed by atoms with Gasteiger partial charge in [-0.3, -0.25) is 0 Å². The van der Waals surface area contributed by atoms with Gasteiger partial charge in [-0.2, -0.15) is 0 Å². The highest BCUT2D eigenvalue weighted by molar-refractivity contribution is 4.78. The second-order valence-electron chi connectivity index (χ2n) is 6.41. The Morgan fingerprint density at radius 3 is 2.53 bits per heavy atom. The smallest absolute Gasteiger partial charge is 0.00413 e. The Hall–Kier alpha value is -0.0800. The van der Waals surface area contributed by atoms with E-state index in [2.05, 4.69) is 24.1 Å². The van der Waals surface area contributed by atoms with Crippen LogP contribution < -0.4 is 5.32 Å². The molecule has 1 heterocycles. The van der Waals surface area contributed by atoms with Crippen LogP contribution in [0.4, 0.5) is 0 Å². The topological polar surface area (TPSA) is 15.3 Å². The zero-order valence-electron chi connectivity index (χ0n) is 11.8. The van der Waals surface area contributed by atoms with E-state index in [9.17, 15) is 0 Å². The Labute approximate surface area is 107 Å². The van der Waals surface area contributed by atoms with Crippen molar-refractivity contribution in [2.24, 2.45) is 11.8 Å². The SMILES string of the molecule is CC1CCN(CCCNC(C)CC2CC2)CC1. The predicted octanol–water partition coefficient (Wildman–Crippen LogP) is 2.89. The molecule has 0 bridgehead atoms. The van der Waals surface area contributed by atoms with E-state index in [-0.39, 0.29) is 0 Å². The third kappa shape index (κ3) is 5.39. The van der Waals surface area contributed by atoms with Crippen molar-refractivity contribution in [1.29, 1.82) is 0 Å². The molecule has 2 heteroatoms. The lowest BCUT2D eigenvalue weighted by Crippen LogP contribution is -2.35. The Balaban J connectivity index is 1.45. The molecular weight excluding hydrogens is 208 g/mol. The summed E-state index contributed by atoms with van der Waals surface area (Å²) in [6.07, 6.45) is 8.51. The molecule has 2 nitrogen and oxygen atoms in total. The van der Waals surface area contributed by atoms with E-state index in [0.29, 0.717) is 0 Å². The first-order valence-electron chi connectivity index (χ1n) is 7.70. The molecule has 17 heavy (non-hydrogen) atoms. The zero-order chi connectivity index (χ0) is 12.1. The van der Waals surface area contributed by atoms with Crippen LogP contribution in [0.1, 0.15) is 52.4 Å². The van der Waals surface area contributed by atoms with Crippen LogP contribution in [-0.2, 0) is 0 Å². The maximum absolute atomic E-state index is 3.68. The van der Waals surface area contributed by atoms with Crippen LogP contribution in [0.15, 0.2) is 0 Å². The monoisotopic (exact) mass is 238 g/mol. The van der Waals surface area contributed by atoms with Crippen molar-refractivity contribution in [1.82, 2.24) is 10.2 Å². The van der Waals surface area contributed by atoms with E-state index < -0.39 is 0 Å². The maximum Gasteiger partial charge on any atom is 0.00413 e. The van der Waals surface area contributed by atoms with Gasteiger partial charge in [0.25, 0.3) is 0 Å². The van der Waals surface area contributed by atoms with Gasteiger partial charge in [-0.15, -0.1) is 0 Å². The van der Waals surface area contributed by atoms with Gasteiger partial charge in [0.1, 0.15) is 0 Å². The molecule has 0 spiro atoms. The lowest BCUT2D eigenvalue weighted by molar-refractivity contribution is 0.190. The van der Waals surface area contributed by atoms with Crippen LogP contribution in [-0.4, -0.2) is 37.1 Å². The molecule has 0 aromatic heterocycles. The van der Waals surface area contributed by atoms with E-state index in [4.69, 9.17) is 0 Å². The molecule has 2 fully saturated rings. The molecule has 0 amide bonds. The number of nitrogens with one attached hydrogen (secondary N) is 1. The summed E-state index contributed by atoms with van der Waals surface area (Å²) < 4.78 is 0. The van der Waals surface area contributed by atoms with Gasteiger partial charge in [-0.1, -0.05) is 19.8 Å². The fraction of sp³-hybridized carbons (Fsp3) is 1.00. The summed E-state index contributed by atoms with van der Waals surface area (Å²) in [4.78, 5) is 2.65. The third-order valence-corrected chi connectivity index (χ3v) is 4.40. The lowest BCUT2D eigenvalue weighted by Gasteiger charge is -2.30. The van der Waals surface area contributed by atoms with Gasteiger partial charge < -0.3 is 10.2 Å². The molecule has 1 saturated heterocycles. The van der Waals surface area contributed by atoms with Crippen LogP contribution >= 0.6 is 0 Å². The van der Waals surface area contributed by atoms with E-state index in [0.717, 1.165) is 17.9 Å². The van der Waals surface area contributed by atoms with Crippen molar-refractivity contribution < 1.29 is 0 Å². The first-order valence-corrected chi connectivity index (χ1v) is 7.70. The molecule has 2 rings (SSSR count). The minimum Gasteiger partial charge on any atom is -0.314 e. The molecule has 0 radical (unpaired) electrons. The predicted molar refractivity (Wildman–Crippen MR) is 74.3 cm³/mol. The summed E-state index contributed by atoms with van der Waals surface area (Å²) >= 11 is 0. The highest BCUT2D eigenvalue weighted by Crippen LogP contribution is 2.33. The summed E-state index contributed by atoms with van der Waals surface area (Å²) in [5.41, 5.74) is 0. The van der Waals surface area contributed by atoms with E-state index in [1.54, 1.807) is 0 Å². The van der Waals surface area contributed by atoms with Crippen molar-refractivity contribution in [2.45, 2.75) is 58.4 Å². The largest absolute Gasteiger partial charge is 0.314 e. The first-order chi connectivity index (χ1) is 8.24. The van der Waals surface area contributed by atoms with Crippen molar-refractivity contribution in [3.63, 3.8) is 0 Å². The Morgan fingerprint density at radius 1 is 1.18 bits per heavy atom. The molecule has 0 aromatic carbocycles. The molecule has 1 N–H and O–H groups in total. The van der Waals surface area contributed by atoms with E-state index in [1.807, 2.05) is 0 Å². The molecule has 1 unspecified atom stereocenters. The van der Waals surface area contributed by atoms with Crippen LogP contribution in [0, 0.1) is 11.8 Å². The normalized spacial score (nSPS) is 25.1. The molecule has 0 aromatic rings. The summed E-state index contributed by atoms with van der Waals surface area (Å²) in [5, 5.41) is 3.68. The lowest BCUT2D eigenvalue weighted by atomic mass is 9.99. The van der Waals surface area contributed by atoms with Crippen LogP contribution in [0.25, 0.3) is 0 Å². The quantitative estimate of drug-likeness (QED) is 0.686. The number of rotatable bonds is 7. The number of nitrogens with zero attached hydrogens (tertiary/aromatic N) is 1. The van der Waals surface area contributed by atoms with Gasteiger partial charge in [0.05, 0.1) is 0 Å². The number of likely N-dealkylation sites (tertiary alicyclic amines) is 1. The van der Waals surface area contributed by atoms with Crippen LogP contribution in [0.3, 0.4) is 0 Å². The van der Waals surface area contributed by atoms with E-state index >= 15 is 0 Å². The average molecular weight is 238 g/mol. The summed E-state index contributed by atoms with van der Waals surface area (Å²) in [5.74, 6) is 2.02. The van der Waals surface area contributed by atoms with Gasteiger partial charge >= 0.3 is 0 Å². The molecule has 100 valence electrons. The minimum absolute atomic E-state index is 0.740. The number of hydrogen-bond donors (Lipinski definition) is 1. The number of hydrogen-bond acceptors (Lipinski definition) is 2. The van der Waals surface area contributed by atoms with Crippen LogP contribution in [0.2, 0.25) is 0 Å². The third-order valence-electron chi connectivity index (χ3n) is 4.40. The van der Waals surface area contributed by atoms with Crippen molar-refractivity contribution in [3.05, 3.63) is 0 Å². The highest BCUT2D eigenvalue weighted by Gasteiger charge is 2.23. The molecular formula is C15H30N2. The average Bonchev–Trinajstić information content (AvgIpc) is 3.11. The molecule has 1 aliphatic heterocycles. The van der Waals surface area contributed by atoms with Gasteiger partial charge in [0.15, 0.2) is 0 Å². The molecule has 1 atom stereocenters. The first kappa shape index (κ1) is 13.4. The molecule has 2 aliphatic rings. The van der Waals surface area contributed by atoms with Gasteiger partial charge in [-0.05, 0) is 70.6 Å². The summed E-state index contributed by atoms with van der Waals surface area (Å²) in [7, 11) is 0. The minimum atomic E-state index is 0.740. The fourth-order valence-corrected chi connectivity index (χ4v) is 2.87. The Bertz CT molecular complexity index is 205. The second kappa shape index (κ2) is 6.75. The molecule has 1 saturated carbocycles. The fourth-order valence-electron chi connectivity index (χ4n) is 2.87. The van der Waals surface area contributed by atoms with Gasteiger partial charge in [-0.25, -0.2) is 0 Å². The van der Waals surface area contributed by atoms with Crippen molar-refractivity contribution in [3.8, 4) is 0 Å². The van der Waals surface area contributed by atoms with Crippen molar-refractivity contribution >= 4 is 0 Å².